The second-order valence-corrected chi connectivity index (χ2v) is 5.14. The number of thioether (sulfide) groups is 1. The fourth-order valence-electron chi connectivity index (χ4n) is 1.16. The molecule has 1 aromatic rings. The molecule has 0 aromatic carbocycles. The highest BCUT2D eigenvalue weighted by Gasteiger charge is 2.11. The van der Waals surface area contributed by atoms with Crippen LogP contribution in [0.25, 0.3) is 0 Å². The highest BCUT2D eigenvalue weighted by molar-refractivity contribution is 7.99. The van der Waals surface area contributed by atoms with Crippen LogP contribution in [-0.2, 0) is 9.59 Å². The summed E-state index contributed by atoms with van der Waals surface area (Å²) in [6.45, 7) is 0. The number of carbonyl (C=O) groups is 2. The van der Waals surface area contributed by atoms with E-state index in [2.05, 4.69) is 10.3 Å². The maximum absolute atomic E-state index is 11.6. The topological polar surface area (TPSA) is 105 Å². The van der Waals surface area contributed by atoms with Crippen molar-refractivity contribution in [1.29, 1.82) is 0 Å². The summed E-state index contributed by atoms with van der Waals surface area (Å²) >= 11 is 7.10. The van der Waals surface area contributed by atoms with Gasteiger partial charge < -0.3 is 16.2 Å². The largest absolute Gasteiger partial charge is 0.480 e. The van der Waals surface area contributed by atoms with Gasteiger partial charge in [0.25, 0.3) is 0 Å². The van der Waals surface area contributed by atoms with Crippen molar-refractivity contribution in [3.8, 4) is 0 Å². The van der Waals surface area contributed by atoms with E-state index in [-0.39, 0.29) is 16.8 Å². The second kappa shape index (κ2) is 7.98. The van der Waals surface area contributed by atoms with Crippen molar-refractivity contribution >= 4 is 40.9 Å². The van der Waals surface area contributed by atoms with Gasteiger partial charge in [-0.05, 0) is 24.3 Å². The zero-order valence-electron chi connectivity index (χ0n) is 10.0. The zero-order valence-corrected chi connectivity index (χ0v) is 11.6. The molecule has 8 heteroatoms. The fourth-order valence-corrected chi connectivity index (χ4v) is 2.15. The molecule has 0 bridgehead atoms. The third kappa shape index (κ3) is 5.91. The number of anilines is 1. The third-order valence-corrected chi connectivity index (χ3v) is 3.45. The number of aliphatic carboxylic acids is 1. The van der Waals surface area contributed by atoms with E-state index in [0.717, 1.165) is 0 Å². The number of pyridine rings is 1. The molecule has 4 N–H and O–H groups in total. The van der Waals surface area contributed by atoms with Crippen LogP contribution < -0.4 is 11.1 Å². The van der Waals surface area contributed by atoms with Crippen molar-refractivity contribution < 1.29 is 14.7 Å². The number of rotatable bonds is 7. The molecule has 19 heavy (non-hydrogen) atoms. The fraction of sp³-hybridized carbons (Fsp3) is 0.364. The summed E-state index contributed by atoms with van der Waals surface area (Å²) in [5.74, 6) is -0.546. The number of nitrogens with one attached hydrogen (secondary N) is 1. The molecule has 1 aromatic heterocycles. The van der Waals surface area contributed by atoms with Gasteiger partial charge in [-0.3, -0.25) is 9.59 Å². The average Bonchev–Trinajstić information content (AvgIpc) is 2.37. The van der Waals surface area contributed by atoms with E-state index in [9.17, 15) is 9.59 Å². The van der Waals surface area contributed by atoms with Crippen LogP contribution in [0.3, 0.4) is 0 Å². The third-order valence-electron chi connectivity index (χ3n) is 2.16. The predicted molar refractivity (Wildman–Crippen MR) is 75.4 cm³/mol. The van der Waals surface area contributed by atoms with E-state index in [0.29, 0.717) is 17.9 Å². The lowest BCUT2D eigenvalue weighted by molar-refractivity contribution is -0.138. The number of hydrogen-bond acceptors (Lipinski definition) is 5. The Hall–Kier alpha value is -1.31. The molecule has 0 saturated heterocycles. The first-order valence-corrected chi connectivity index (χ1v) is 7.00. The minimum atomic E-state index is -1.04. The lowest BCUT2D eigenvalue weighted by atomic mass is 10.2. The first-order chi connectivity index (χ1) is 9.00. The Balaban J connectivity index is 2.26. The Kier molecular flexibility index (Phi) is 6.61. The van der Waals surface area contributed by atoms with Crippen LogP contribution in [0.1, 0.15) is 6.42 Å². The van der Waals surface area contributed by atoms with Crippen LogP contribution in [0.4, 0.5) is 5.69 Å². The average molecular weight is 304 g/mol. The minimum Gasteiger partial charge on any atom is -0.480 e. The molecule has 0 spiro atoms. The van der Waals surface area contributed by atoms with Gasteiger partial charge in [-0.2, -0.15) is 11.8 Å². The molecular weight excluding hydrogens is 290 g/mol. The standard InChI is InChI=1S/C11H14ClN3O3S/c12-10-8(2-1-4-14-10)15-9(16)6-19-5-3-7(13)11(17)18/h1-2,4,7H,3,5-6,13H2,(H,15,16)(H,17,18). The van der Waals surface area contributed by atoms with E-state index in [4.69, 9.17) is 22.4 Å². The molecule has 6 nitrogen and oxygen atoms in total. The minimum absolute atomic E-state index is 0.206. The number of carboxylic acids is 1. The molecule has 0 aliphatic carbocycles. The van der Waals surface area contributed by atoms with Crippen molar-refractivity contribution in [3.05, 3.63) is 23.5 Å². The lowest BCUT2D eigenvalue weighted by Crippen LogP contribution is -2.30. The molecule has 1 amide bonds. The van der Waals surface area contributed by atoms with E-state index in [1.807, 2.05) is 0 Å². The number of carbonyl (C=O) groups excluding carboxylic acids is 1. The molecule has 1 heterocycles. The Morgan fingerprint density at radius 1 is 1.58 bits per heavy atom. The van der Waals surface area contributed by atoms with Crippen molar-refractivity contribution in [2.45, 2.75) is 12.5 Å². The van der Waals surface area contributed by atoms with Gasteiger partial charge in [-0.15, -0.1) is 0 Å². The smallest absolute Gasteiger partial charge is 0.320 e. The highest BCUT2D eigenvalue weighted by Crippen LogP contribution is 2.17. The zero-order chi connectivity index (χ0) is 14.3. The molecule has 0 fully saturated rings. The Morgan fingerprint density at radius 3 is 2.95 bits per heavy atom. The summed E-state index contributed by atoms with van der Waals surface area (Å²) in [5.41, 5.74) is 5.79. The summed E-state index contributed by atoms with van der Waals surface area (Å²) in [7, 11) is 0. The Morgan fingerprint density at radius 2 is 2.32 bits per heavy atom. The normalized spacial score (nSPS) is 11.9. The van der Waals surface area contributed by atoms with Gasteiger partial charge in [0.1, 0.15) is 6.04 Å². The molecule has 1 atom stereocenters. The van der Waals surface area contributed by atoms with E-state index in [1.54, 1.807) is 12.1 Å². The van der Waals surface area contributed by atoms with Crippen LogP contribution in [0.2, 0.25) is 5.15 Å². The predicted octanol–water partition coefficient (Wildman–Crippen LogP) is 1.21. The summed E-state index contributed by atoms with van der Waals surface area (Å²) in [5, 5.41) is 11.4. The van der Waals surface area contributed by atoms with Crippen molar-refractivity contribution in [2.75, 3.05) is 16.8 Å². The monoisotopic (exact) mass is 303 g/mol. The number of hydrogen-bond donors (Lipinski definition) is 3. The van der Waals surface area contributed by atoms with Crippen LogP contribution in [0.5, 0.6) is 0 Å². The van der Waals surface area contributed by atoms with E-state index in [1.165, 1.54) is 18.0 Å². The first kappa shape index (κ1) is 15.7. The summed E-state index contributed by atoms with van der Waals surface area (Å²) in [6, 6.07) is 2.43. The molecule has 0 aliphatic heterocycles. The van der Waals surface area contributed by atoms with Gasteiger partial charge in [-0.1, -0.05) is 11.6 Å². The molecular formula is C11H14ClN3O3S. The number of aromatic nitrogens is 1. The van der Waals surface area contributed by atoms with Gasteiger partial charge in [0, 0.05) is 6.20 Å². The van der Waals surface area contributed by atoms with Crippen LogP contribution >= 0.6 is 23.4 Å². The van der Waals surface area contributed by atoms with Gasteiger partial charge in [0.15, 0.2) is 5.15 Å². The van der Waals surface area contributed by atoms with E-state index >= 15 is 0 Å². The van der Waals surface area contributed by atoms with Gasteiger partial charge >= 0.3 is 5.97 Å². The number of halogens is 1. The second-order valence-electron chi connectivity index (χ2n) is 3.68. The van der Waals surface area contributed by atoms with Crippen LogP contribution in [-0.4, -0.2) is 39.5 Å². The van der Waals surface area contributed by atoms with Crippen molar-refractivity contribution in [1.82, 2.24) is 4.98 Å². The van der Waals surface area contributed by atoms with Gasteiger partial charge in [0.05, 0.1) is 11.4 Å². The molecule has 1 rings (SSSR count). The van der Waals surface area contributed by atoms with E-state index < -0.39 is 12.0 Å². The molecule has 0 radical (unpaired) electrons. The molecule has 104 valence electrons. The quantitative estimate of drug-likeness (QED) is 0.516. The molecule has 0 aliphatic rings. The van der Waals surface area contributed by atoms with Crippen LogP contribution in [0, 0.1) is 0 Å². The summed E-state index contributed by atoms with van der Waals surface area (Å²) < 4.78 is 0. The van der Waals surface area contributed by atoms with Crippen LogP contribution in [0.15, 0.2) is 18.3 Å². The van der Waals surface area contributed by atoms with Gasteiger partial charge in [-0.25, -0.2) is 4.98 Å². The SMILES string of the molecule is NC(CCSCC(=O)Nc1cccnc1Cl)C(=O)O. The lowest BCUT2D eigenvalue weighted by Gasteiger charge is -2.07. The summed E-state index contributed by atoms with van der Waals surface area (Å²) in [4.78, 5) is 25.9. The maximum atomic E-state index is 11.6. The number of nitrogens with zero attached hydrogens (tertiary/aromatic N) is 1. The van der Waals surface area contributed by atoms with Crippen molar-refractivity contribution in [3.63, 3.8) is 0 Å². The summed E-state index contributed by atoms with van der Waals surface area (Å²) in [6.07, 6.45) is 1.85. The number of carboxylic acid groups (broad SMARTS) is 1. The van der Waals surface area contributed by atoms with Gasteiger partial charge in [0.2, 0.25) is 5.91 Å². The maximum Gasteiger partial charge on any atom is 0.320 e. The Bertz CT molecular complexity index is 459. The first-order valence-electron chi connectivity index (χ1n) is 5.47. The number of nitrogens with two attached hydrogens (primary N) is 1. The number of amides is 1. The molecule has 0 saturated carbocycles. The van der Waals surface area contributed by atoms with Crippen molar-refractivity contribution in [2.24, 2.45) is 5.73 Å². The Labute approximate surface area is 119 Å². The molecule has 1 unspecified atom stereocenters. The highest BCUT2D eigenvalue weighted by atomic mass is 35.5.